The van der Waals surface area contributed by atoms with Gasteiger partial charge >= 0.3 is 0 Å². The lowest BCUT2D eigenvalue weighted by Crippen LogP contribution is -2.35. The van der Waals surface area contributed by atoms with Crippen LogP contribution in [0, 0.1) is 19.3 Å². The molecule has 2 heterocycles. The Hall–Kier alpha value is -1.52. The smallest absolute Gasteiger partial charge is 0.244 e. The number of aromatic nitrogens is 2. The fourth-order valence-corrected chi connectivity index (χ4v) is 2.77. The van der Waals surface area contributed by atoms with Crippen LogP contribution < -0.4 is 5.73 Å². The van der Waals surface area contributed by atoms with Crippen LogP contribution >= 0.6 is 0 Å². The first kappa shape index (κ1) is 14.9. The normalized spacial score (nSPS) is 18.9. The third-order valence-corrected chi connectivity index (χ3v) is 4.42. The average Bonchev–Trinajstić information content (AvgIpc) is 2.55. The summed E-state index contributed by atoms with van der Waals surface area (Å²) in [6, 6.07) is 0. The first-order valence-electron chi connectivity index (χ1n) is 7.37. The maximum absolute atomic E-state index is 12.4. The van der Waals surface area contributed by atoms with Crippen LogP contribution in [0.2, 0.25) is 0 Å². The fraction of sp³-hybridized carbons (Fsp3) is 0.733. The van der Waals surface area contributed by atoms with Crippen molar-refractivity contribution >= 4 is 11.6 Å². The molecule has 20 heavy (non-hydrogen) atoms. The van der Waals surface area contributed by atoms with Crippen molar-refractivity contribution < 1.29 is 4.79 Å². The van der Waals surface area contributed by atoms with E-state index in [0.717, 1.165) is 37.3 Å². The van der Waals surface area contributed by atoms with Crippen molar-refractivity contribution in [2.75, 3.05) is 18.8 Å². The molecule has 0 bridgehead atoms. The Morgan fingerprint density at radius 1 is 1.30 bits per heavy atom. The summed E-state index contributed by atoms with van der Waals surface area (Å²) in [7, 11) is 0. The molecule has 0 atom stereocenters. The SMILES string of the molecule is Cc1nn(CC(=O)N2CCCC(C)(C)CC2)c(C)c1N. The lowest BCUT2D eigenvalue weighted by Gasteiger charge is -2.23. The van der Waals surface area contributed by atoms with E-state index >= 15 is 0 Å². The number of nitrogen functional groups attached to an aromatic ring is 1. The zero-order chi connectivity index (χ0) is 14.9. The first-order valence-corrected chi connectivity index (χ1v) is 7.37. The van der Waals surface area contributed by atoms with Crippen LogP contribution in [-0.4, -0.2) is 33.7 Å². The third-order valence-electron chi connectivity index (χ3n) is 4.42. The summed E-state index contributed by atoms with van der Waals surface area (Å²) >= 11 is 0. The van der Waals surface area contributed by atoms with Gasteiger partial charge < -0.3 is 10.6 Å². The van der Waals surface area contributed by atoms with E-state index in [2.05, 4.69) is 18.9 Å². The molecule has 0 aromatic carbocycles. The number of hydrogen-bond acceptors (Lipinski definition) is 3. The van der Waals surface area contributed by atoms with E-state index in [4.69, 9.17) is 5.73 Å². The molecule has 5 nitrogen and oxygen atoms in total. The van der Waals surface area contributed by atoms with Crippen molar-refractivity contribution in [3.63, 3.8) is 0 Å². The van der Waals surface area contributed by atoms with E-state index in [9.17, 15) is 4.79 Å². The molecule has 2 N–H and O–H groups in total. The first-order chi connectivity index (χ1) is 9.30. The van der Waals surface area contributed by atoms with Gasteiger partial charge in [-0.3, -0.25) is 9.48 Å². The minimum Gasteiger partial charge on any atom is -0.396 e. The van der Waals surface area contributed by atoms with E-state index < -0.39 is 0 Å². The quantitative estimate of drug-likeness (QED) is 0.901. The summed E-state index contributed by atoms with van der Waals surface area (Å²) < 4.78 is 1.73. The van der Waals surface area contributed by atoms with Crippen LogP contribution in [0.3, 0.4) is 0 Å². The van der Waals surface area contributed by atoms with Crippen molar-refractivity contribution in [3.8, 4) is 0 Å². The largest absolute Gasteiger partial charge is 0.396 e. The van der Waals surface area contributed by atoms with Gasteiger partial charge in [-0.2, -0.15) is 5.10 Å². The Labute approximate surface area is 121 Å². The average molecular weight is 278 g/mol. The molecule has 0 saturated carbocycles. The van der Waals surface area contributed by atoms with Gasteiger partial charge in [-0.05, 0) is 38.5 Å². The molecule has 1 amide bonds. The standard InChI is InChI=1S/C15H26N4O/c1-11-14(16)12(2)19(17-11)10-13(20)18-8-5-6-15(3,4)7-9-18/h5-10,16H2,1-4H3. The summed E-state index contributed by atoms with van der Waals surface area (Å²) in [5.74, 6) is 0.147. The highest BCUT2D eigenvalue weighted by Crippen LogP contribution is 2.29. The van der Waals surface area contributed by atoms with Crippen LogP contribution in [0.4, 0.5) is 5.69 Å². The van der Waals surface area contributed by atoms with E-state index in [1.807, 2.05) is 18.7 Å². The van der Waals surface area contributed by atoms with E-state index in [0.29, 0.717) is 17.6 Å². The Balaban J connectivity index is 2.03. The predicted octanol–water partition coefficient (Wildman–Crippen LogP) is 2.12. The maximum atomic E-state index is 12.4. The van der Waals surface area contributed by atoms with E-state index in [1.54, 1.807) is 4.68 Å². The van der Waals surface area contributed by atoms with Crippen molar-refractivity contribution in [1.82, 2.24) is 14.7 Å². The molecule has 1 aliphatic heterocycles. The monoisotopic (exact) mass is 278 g/mol. The number of nitrogens with zero attached hydrogens (tertiary/aromatic N) is 3. The second-order valence-electron chi connectivity index (χ2n) is 6.64. The van der Waals surface area contributed by atoms with Gasteiger partial charge in [0.05, 0.1) is 17.1 Å². The van der Waals surface area contributed by atoms with Gasteiger partial charge in [-0.25, -0.2) is 0 Å². The molecule has 2 rings (SSSR count). The molecular formula is C15H26N4O. The van der Waals surface area contributed by atoms with Crippen molar-refractivity contribution in [3.05, 3.63) is 11.4 Å². The molecule has 0 spiro atoms. The second kappa shape index (κ2) is 5.46. The summed E-state index contributed by atoms with van der Waals surface area (Å²) in [6.07, 6.45) is 3.33. The molecule has 112 valence electrons. The number of carbonyl (C=O) groups is 1. The molecule has 1 aromatic heterocycles. The van der Waals surface area contributed by atoms with E-state index in [1.165, 1.54) is 6.42 Å². The molecule has 1 aromatic rings. The van der Waals surface area contributed by atoms with Crippen molar-refractivity contribution in [1.29, 1.82) is 0 Å². The van der Waals surface area contributed by atoms with Crippen molar-refractivity contribution in [2.45, 2.75) is 53.5 Å². The van der Waals surface area contributed by atoms with Gasteiger partial charge in [0.15, 0.2) is 0 Å². The van der Waals surface area contributed by atoms with Crippen molar-refractivity contribution in [2.24, 2.45) is 5.41 Å². The summed E-state index contributed by atoms with van der Waals surface area (Å²) in [5.41, 5.74) is 8.62. The topological polar surface area (TPSA) is 64.2 Å². The number of nitrogens with two attached hydrogens (primary N) is 1. The van der Waals surface area contributed by atoms with E-state index in [-0.39, 0.29) is 5.91 Å². The molecule has 1 aliphatic rings. The molecule has 1 fully saturated rings. The third kappa shape index (κ3) is 3.14. The van der Waals surface area contributed by atoms with Gasteiger partial charge in [0.2, 0.25) is 5.91 Å². The Bertz CT molecular complexity index is 504. The molecule has 0 aliphatic carbocycles. The van der Waals surface area contributed by atoms with Gasteiger partial charge in [-0.1, -0.05) is 13.8 Å². The highest BCUT2D eigenvalue weighted by atomic mass is 16.2. The number of aryl methyl sites for hydroxylation is 1. The zero-order valence-electron chi connectivity index (χ0n) is 13.1. The number of anilines is 1. The minimum absolute atomic E-state index is 0.147. The minimum atomic E-state index is 0.147. The van der Waals surface area contributed by atoms with Crippen LogP contribution in [-0.2, 0) is 11.3 Å². The van der Waals surface area contributed by atoms with Crippen LogP contribution in [0.1, 0.15) is 44.5 Å². The molecule has 0 unspecified atom stereocenters. The Kier molecular flexibility index (Phi) is 4.06. The lowest BCUT2D eigenvalue weighted by atomic mass is 9.85. The zero-order valence-corrected chi connectivity index (χ0v) is 13.1. The lowest BCUT2D eigenvalue weighted by molar-refractivity contribution is -0.132. The highest BCUT2D eigenvalue weighted by Gasteiger charge is 2.25. The van der Waals surface area contributed by atoms with Gasteiger partial charge in [0, 0.05) is 13.1 Å². The number of carbonyl (C=O) groups excluding carboxylic acids is 1. The predicted molar refractivity (Wildman–Crippen MR) is 80.3 cm³/mol. The maximum Gasteiger partial charge on any atom is 0.244 e. The number of hydrogen-bond donors (Lipinski definition) is 1. The molecular weight excluding hydrogens is 252 g/mol. The molecule has 5 heteroatoms. The number of amides is 1. The molecule has 0 radical (unpaired) electrons. The Morgan fingerprint density at radius 3 is 2.60 bits per heavy atom. The van der Waals surface area contributed by atoms with Crippen LogP contribution in [0.25, 0.3) is 0 Å². The Morgan fingerprint density at radius 2 is 2.00 bits per heavy atom. The fourth-order valence-electron chi connectivity index (χ4n) is 2.77. The van der Waals surface area contributed by atoms with Gasteiger partial charge in [-0.15, -0.1) is 0 Å². The second-order valence-corrected chi connectivity index (χ2v) is 6.64. The van der Waals surface area contributed by atoms with Crippen LogP contribution in [0.5, 0.6) is 0 Å². The summed E-state index contributed by atoms with van der Waals surface area (Å²) in [4.78, 5) is 14.4. The van der Waals surface area contributed by atoms with Gasteiger partial charge in [0.1, 0.15) is 6.54 Å². The highest BCUT2D eigenvalue weighted by molar-refractivity contribution is 5.76. The van der Waals surface area contributed by atoms with Gasteiger partial charge in [0.25, 0.3) is 0 Å². The summed E-state index contributed by atoms with van der Waals surface area (Å²) in [5, 5.41) is 4.34. The van der Waals surface area contributed by atoms with Crippen LogP contribution in [0.15, 0.2) is 0 Å². The summed E-state index contributed by atoms with van der Waals surface area (Å²) in [6.45, 7) is 10.3. The number of likely N-dealkylation sites (tertiary alicyclic amines) is 1. The molecule has 1 saturated heterocycles. The number of rotatable bonds is 2.